The summed E-state index contributed by atoms with van der Waals surface area (Å²) in [4.78, 5) is 20.0. The van der Waals surface area contributed by atoms with E-state index in [0.29, 0.717) is 17.2 Å². The molecule has 7 heteroatoms. The van der Waals surface area contributed by atoms with Crippen LogP contribution < -0.4 is 10.6 Å². The van der Waals surface area contributed by atoms with Gasteiger partial charge in [0.05, 0.1) is 12.7 Å². The third-order valence-electron chi connectivity index (χ3n) is 3.32. The molecular formula is C18H15BrN4O2. The molecule has 2 aromatic carbocycles. The maximum Gasteiger partial charge on any atom is 0.337 e. The van der Waals surface area contributed by atoms with Crippen LogP contribution in [0, 0.1) is 0 Å². The molecule has 0 fully saturated rings. The molecule has 0 unspecified atom stereocenters. The lowest BCUT2D eigenvalue weighted by Crippen LogP contribution is -2.02. The van der Waals surface area contributed by atoms with Crippen molar-refractivity contribution in [3.63, 3.8) is 0 Å². The largest absolute Gasteiger partial charge is 0.465 e. The van der Waals surface area contributed by atoms with Crippen molar-refractivity contribution in [3.8, 4) is 0 Å². The Morgan fingerprint density at radius 1 is 0.960 bits per heavy atom. The number of benzene rings is 2. The predicted molar refractivity (Wildman–Crippen MR) is 101 cm³/mol. The zero-order chi connectivity index (χ0) is 17.6. The van der Waals surface area contributed by atoms with Gasteiger partial charge in [0.2, 0.25) is 0 Å². The molecule has 25 heavy (non-hydrogen) atoms. The van der Waals surface area contributed by atoms with Crippen molar-refractivity contribution < 1.29 is 9.53 Å². The summed E-state index contributed by atoms with van der Waals surface area (Å²) >= 11 is 3.44. The highest BCUT2D eigenvalue weighted by molar-refractivity contribution is 9.10. The molecule has 6 nitrogen and oxygen atoms in total. The molecule has 0 saturated carbocycles. The number of anilines is 4. The van der Waals surface area contributed by atoms with Crippen molar-refractivity contribution in [2.24, 2.45) is 0 Å². The topological polar surface area (TPSA) is 76.1 Å². The zero-order valence-electron chi connectivity index (χ0n) is 13.4. The number of esters is 1. The van der Waals surface area contributed by atoms with Gasteiger partial charge in [-0.2, -0.15) is 0 Å². The van der Waals surface area contributed by atoms with Crippen molar-refractivity contribution in [2.75, 3.05) is 17.7 Å². The lowest BCUT2D eigenvalue weighted by molar-refractivity contribution is 0.0601. The average molecular weight is 399 g/mol. The number of nitrogens with zero attached hydrogens (tertiary/aromatic N) is 2. The van der Waals surface area contributed by atoms with Gasteiger partial charge in [-0.15, -0.1) is 0 Å². The van der Waals surface area contributed by atoms with E-state index in [2.05, 4.69) is 36.5 Å². The Kier molecular flexibility index (Phi) is 5.25. The van der Waals surface area contributed by atoms with Crippen LogP contribution >= 0.6 is 15.9 Å². The number of ether oxygens (including phenoxy) is 1. The summed E-state index contributed by atoms with van der Waals surface area (Å²) in [7, 11) is 1.35. The van der Waals surface area contributed by atoms with Crippen LogP contribution in [-0.2, 0) is 4.74 Å². The predicted octanol–water partition coefficient (Wildman–Crippen LogP) is 4.51. The van der Waals surface area contributed by atoms with Gasteiger partial charge in [-0.1, -0.05) is 28.1 Å². The molecule has 0 aliphatic rings. The van der Waals surface area contributed by atoms with E-state index in [1.54, 1.807) is 24.3 Å². The van der Waals surface area contributed by atoms with Crippen molar-refractivity contribution >= 4 is 44.9 Å². The summed E-state index contributed by atoms with van der Waals surface area (Å²) in [6, 6.07) is 16.6. The number of methoxy groups -OCH3 is 1. The number of hydrogen-bond donors (Lipinski definition) is 2. The molecule has 1 heterocycles. The average Bonchev–Trinajstić information content (AvgIpc) is 2.61. The second-order valence-electron chi connectivity index (χ2n) is 5.12. The third-order valence-corrected chi connectivity index (χ3v) is 3.81. The molecule has 0 spiro atoms. The smallest absolute Gasteiger partial charge is 0.337 e. The van der Waals surface area contributed by atoms with Crippen LogP contribution in [0.3, 0.4) is 0 Å². The molecule has 3 rings (SSSR count). The van der Waals surface area contributed by atoms with Crippen molar-refractivity contribution in [1.29, 1.82) is 0 Å². The van der Waals surface area contributed by atoms with Crippen molar-refractivity contribution in [1.82, 2.24) is 9.97 Å². The summed E-state index contributed by atoms with van der Waals surface area (Å²) in [6.07, 6.45) is 1.47. The fourth-order valence-corrected chi connectivity index (χ4v) is 2.60. The standard InChI is InChI=1S/C18H15BrN4O2/c1-25-18(24)12-4-2-6-14(8-12)22-16-10-17(21-11-20-16)23-15-7-3-5-13(19)9-15/h2-11H,1H3,(H2,20,21,22,23). The number of aromatic nitrogens is 2. The maximum absolute atomic E-state index is 11.6. The van der Waals surface area contributed by atoms with E-state index < -0.39 is 0 Å². The lowest BCUT2D eigenvalue weighted by Gasteiger charge is -2.09. The Labute approximate surface area is 153 Å². The van der Waals surface area contributed by atoms with Crippen LogP contribution in [0.1, 0.15) is 10.4 Å². The molecule has 0 amide bonds. The Hall–Kier alpha value is -2.93. The van der Waals surface area contributed by atoms with Gasteiger partial charge in [0.25, 0.3) is 0 Å². The van der Waals surface area contributed by atoms with E-state index in [1.807, 2.05) is 30.3 Å². The third kappa shape index (κ3) is 4.54. The molecule has 0 bridgehead atoms. The summed E-state index contributed by atoms with van der Waals surface area (Å²) in [6.45, 7) is 0. The SMILES string of the molecule is COC(=O)c1cccc(Nc2cc(Nc3cccc(Br)c3)ncn2)c1. The first-order valence-corrected chi connectivity index (χ1v) is 8.23. The Bertz CT molecular complexity index is 902. The van der Waals surface area contributed by atoms with Crippen LogP contribution in [0.15, 0.2) is 65.4 Å². The van der Waals surface area contributed by atoms with Gasteiger partial charge in [-0.25, -0.2) is 14.8 Å². The van der Waals surface area contributed by atoms with Gasteiger partial charge in [0.15, 0.2) is 0 Å². The number of halogens is 1. The van der Waals surface area contributed by atoms with Crippen LogP contribution in [0.25, 0.3) is 0 Å². The van der Waals surface area contributed by atoms with Crippen molar-refractivity contribution in [2.45, 2.75) is 0 Å². The Morgan fingerprint density at radius 2 is 1.60 bits per heavy atom. The minimum Gasteiger partial charge on any atom is -0.465 e. The zero-order valence-corrected chi connectivity index (χ0v) is 14.9. The molecule has 0 saturated heterocycles. The first-order chi connectivity index (χ1) is 12.1. The summed E-state index contributed by atoms with van der Waals surface area (Å²) in [5, 5.41) is 6.37. The molecule has 1 aromatic heterocycles. The molecule has 3 aromatic rings. The lowest BCUT2D eigenvalue weighted by atomic mass is 10.2. The van der Waals surface area contributed by atoms with Gasteiger partial charge in [-0.05, 0) is 36.4 Å². The van der Waals surface area contributed by atoms with Crippen molar-refractivity contribution in [3.05, 3.63) is 71.0 Å². The molecular weight excluding hydrogens is 384 g/mol. The highest BCUT2D eigenvalue weighted by Gasteiger charge is 2.06. The maximum atomic E-state index is 11.6. The monoisotopic (exact) mass is 398 g/mol. The highest BCUT2D eigenvalue weighted by Crippen LogP contribution is 2.22. The van der Waals surface area contributed by atoms with Gasteiger partial charge in [0, 0.05) is 21.9 Å². The summed E-state index contributed by atoms with van der Waals surface area (Å²) in [5.41, 5.74) is 2.11. The molecule has 126 valence electrons. The van der Waals surface area contributed by atoms with Crippen LogP contribution in [0.5, 0.6) is 0 Å². The van der Waals surface area contributed by atoms with E-state index in [-0.39, 0.29) is 5.97 Å². The minimum atomic E-state index is -0.386. The summed E-state index contributed by atoms with van der Waals surface area (Å²) < 4.78 is 5.71. The Morgan fingerprint density at radius 3 is 2.24 bits per heavy atom. The first kappa shape index (κ1) is 16.9. The van der Waals surface area contributed by atoms with E-state index in [1.165, 1.54) is 13.4 Å². The number of carbonyl (C=O) groups is 1. The number of carbonyl (C=O) groups excluding carboxylic acids is 1. The molecule has 0 radical (unpaired) electrons. The van der Waals surface area contributed by atoms with E-state index >= 15 is 0 Å². The van der Waals surface area contributed by atoms with Gasteiger partial charge < -0.3 is 15.4 Å². The van der Waals surface area contributed by atoms with Gasteiger partial charge in [0.1, 0.15) is 18.0 Å². The van der Waals surface area contributed by atoms with Crippen LogP contribution in [-0.4, -0.2) is 23.0 Å². The summed E-state index contributed by atoms with van der Waals surface area (Å²) in [5.74, 6) is 0.873. The second kappa shape index (κ2) is 7.76. The van der Waals surface area contributed by atoms with Gasteiger partial charge in [-0.3, -0.25) is 0 Å². The van der Waals surface area contributed by atoms with Crippen LogP contribution in [0.4, 0.5) is 23.0 Å². The molecule has 0 aliphatic carbocycles. The fraction of sp³-hybridized carbons (Fsp3) is 0.0556. The Balaban J connectivity index is 1.77. The highest BCUT2D eigenvalue weighted by atomic mass is 79.9. The molecule has 0 aliphatic heterocycles. The number of hydrogen-bond acceptors (Lipinski definition) is 6. The quantitative estimate of drug-likeness (QED) is 0.615. The fourth-order valence-electron chi connectivity index (χ4n) is 2.20. The van der Waals surface area contributed by atoms with E-state index in [9.17, 15) is 4.79 Å². The van der Waals surface area contributed by atoms with E-state index in [0.717, 1.165) is 15.8 Å². The molecule has 0 atom stereocenters. The van der Waals surface area contributed by atoms with Crippen LogP contribution in [0.2, 0.25) is 0 Å². The minimum absolute atomic E-state index is 0.386. The number of rotatable bonds is 5. The van der Waals surface area contributed by atoms with E-state index in [4.69, 9.17) is 4.74 Å². The second-order valence-corrected chi connectivity index (χ2v) is 6.04. The normalized spacial score (nSPS) is 10.2. The number of nitrogens with one attached hydrogen (secondary N) is 2. The first-order valence-electron chi connectivity index (χ1n) is 7.44. The molecule has 2 N–H and O–H groups in total. The van der Waals surface area contributed by atoms with Gasteiger partial charge >= 0.3 is 5.97 Å².